The first-order valence-electron chi connectivity index (χ1n) is 7.18. The second-order valence-electron chi connectivity index (χ2n) is 5.29. The quantitative estimate of drug-likeness (QED) is 0.912. The minimum Gasteiger partial charge on any atom is -0.324 e. The van der Waals surface area contributed by atoms with E-state index in [4.69, 9.17) is 0 Å². The number of rotatable bonds is 5. The van der Waals surface area contributed by atoms with Gasteiger partial charge >= 0.3 is 6.03 Å². The molecule has 1 aromatic carbocycles. The molecule has 7 heteroatoms. The fourth-order valence-electron chi connectivity index (χ4n) is 1.99. The van der Waals surface area contributed by atoms with Crippen LogP contribution in [0, 0.1) is 0 Å². The smallest absolute Gasteiger partial charge is 0.321 e. The highest BCUT2D eigenvalue weighted by Crippen LogP contribution is 2.15. The van der Waals surface area contributed by atoms with E-state index in [1.54, 1.807) is 25.7 Å². The van der Waals surface area contributed by atoms with Crippen molar-refractivity contribution < 1.29 is 9.00 Å². The molecule has 0 bridgehead atoms. The SMILES string of the molecule is CC(CS(C)=O)N(C)C(=O)Nc1cnc(-c2ccccc2)nc1. The summed E-state index contributed by atoms with van der Waals surface area (Å²) in [6.07, 6.45) is 4.77. The van der Waals surface area contributed by atoms with E-state index in [9.17, 15) is 9.00 Å². The van der Waals surface area contributed by atoms with E-state index >= 15 is 0 Å². The molecular formula is C16H20N4O2S. The molecule has 1 heterocycles. The van der Waals surface area contributed by atoms with Crippen LogP contribution in [0.4, 0.5) is 10.5 Å². The third-order valence-corrected chi connectivity index (χ3v) is 4.34. The highest BCUT2D eigenvalue weighted by atomic mass is 32.2. The fraction of sp³-hybridized carbons (Fsp3) is 0.312. The normalized spacial score (nSPS) is 13.2. The molecule has 0 radical (unpaired) electrons. The lowest BCUT2D eigenvalue weighted by atomic mass is 10.2. The topological polar surface area (TPSA) is 75.2 Å². The van der Waals surface area contributed by atoms with Gasteiger partial charge in [-0.2, -0.15) is 0 Å². The Morgan fingerprint density at radius 1 is 1.26 bits per heavy atom. The van der Waals surface area contributed by atoms with E-state index in [0.717, 1.165) is 5.56 Å². The molecule has 1 N–H and O–H groups in total. The molecule has 1 aromatic heterocycles. The summed E-state index contributed by atoms with van der Waals surface area (Å²) in [6.45, 7) is 1.86. The molecule has 0 aliphatic heterocycles. The number of hydrogen-bond acceptors (Lipinski definition) is 4. The van der Waals surface area contributed by atoms with Gasteiger partial charge in [0, 0.05) is 41.5 Å². The van der Waals surface area contributed by atoms with Crippen molar-refractivity contribution >= 4 is 22.5 Å². The summed E-state index contributed by atoms with van der Waals surface area (Å²) in [5.74, 6) is 1.04. The standard InChI is InChI=1S/C16H20N4O2S/c1-12(11-23(3)22)20(2)16(21)19-14-9-17-15(18-10-14)13-7-5-4-6-8-13/h4-10,12H,11H2,1-3H3,(H,19,21). The van der Waals surface area contributed by atoms with Crippen LogP contribution in [-0.2, 0) is 10.8 Å². The molecule has 2 amide bonds. The fourth-order valence-corrected chi connectivity index (χ4v) is 2.90. The van der Waals surface area contributed by atoms with Crippen LogP contribution in [0.5, 0.6) is 0 Å². The number of nitrogens with zero attached hydrogens (tertiary/aromatic N) is 3. The van der Waals surface area contributed by atoms with E-state index in [0.29, 0.717) is 17.3 Å². The molecule has 0 fully saturated rings. The Hall–Kier alpha value is -2.28. The van der Waals surface area contributed by atoms with Crippen LogP contribution < -0.4 is 5.32 Å². The lowest BCUT2D eigenvalue weighted by Gasteiger charge is -2.24. The Kier molecular flexibility index (Phi) is 5.81. The Balaban J connectivity index is 2.00. The van der Waals surface area contributed by atoms with Gasteiger partial charge in [0.2, 0.25) is 0 Å². The maximum absolute atomic E-state index is 12.2. The molecule has 0 aliphatic carbocycles. The summed E-state index contributed by atoms with van der Waals surface area (Å²) >= 11 is 0. The minimum atomic E-state index is -0.950. The summed E-state index contributed by atoms with van der Waals surface area (Å²) in [5.41, 5.74) is 1.44. The monoisotopic (exact) mass is 332 g/mol. The zero-order chi connectivity index (χ0) is 16.8. The zero-order valence-corrected chi connectivity index (χ0v) is 14.2. The largest absolute Gasteiger partial charge is 0.324 e. The highest BCUT2D eigenvalue weighted by molar-refractivity contribution is 7.84. The lowest BCUT2D eigenvalue weighted by molar-refractivity contribution is 0.212. The van der Waals surface area contributed by atoms with Gasteiger partial charge in [0.1, 0.15) is 0 Å². The summed E-state index contributed by atoms with van der Waals surface area (Å²) in [4.78, 5) is 22.2. The molecule has 2 rings (SSSR count). The first kappa shape index (κ1) is 17.1. The lowest BCUT2D eigenvalue weighted by Crippen LogP contribution is -2.40. The number of anilines is 1. The Bertz CT molecular complexity index is 676. The van der Waals surface area contributed by atoms with Gasteiger partial charge in [-0.05, 0) is 6.92 Å². The molecule has 6 nitrogen and oxygen atoms in total. The van der Waals surface area contributed by atoms with Crippen molar-refractivity contribution in [1.29, 1.82) is 0 Å². The van der Waals surface area contributed by atoms with Crippen molar-refractivity contribution in [3.05, 3.63) is 42.7 Å². The van der Waals surface area contributed by atoms with Gasteiger partial charge in [-0.15, -0.1) is 0 Å². The number of urea groups is 1. The Morgan fingerprint density at radius 2 is 1.87 bits per heavy atom. The van der Waals surface area contributed by atoms with Crippen LogP contribution in [0.2, 0.25) is 0 Å². The molecule has 2 aromatic rings. The molecule has 0 saturated heterocycles. The van der Waals surface area contributed by atoms with Crippen LogP contribution in [0.25, 0.3) is 11.4 Å². The van der Waals surface area contributed by atoms with Gasteiger partial charge in [-0.3, -0.25) is 4.21 Å². The van der Waals surface area contributed by atoms with Crippen LogP contribution in [0.15, 0.2) is 42.7 Å². The van der Waals surface area contributed by atoms with Gasteiger partial charge in [-0.25, -0.2) is 14.8 Å². The highest BCUT2D eigenvalue weighted by Gasteiger charge is 2.17. The van der Waals surface area contributed by atoms with Crippen molar-refractivity contribution in [3.63, 3.8) is 0 Å². The predicted molar refractivity (Wildman–Crippen MR) is 92.6 cm³/mol. The van der Waals surface area contributed by atoms with E-state index in [-0.39, 0.29) is 12.1 Å². The Morgan fingerprint density at radius 3 is 2.43 bits per heavy atom. The van der Waals surface area contributed by atoms with Gasteiger partial charge in [0.25, 0.3) is 0 Å². The van der Waals surface area contributed by atoms with Crippen LogP contribution >= 0.6 is 0 Å². The van der Waals surface area contributed by atoms with Gasteiger partial charge in [-0.1, -0.05) is 30.3 Å². The second-order valence-corrected chi connectivity index (χ2v) is 6.77. The Labute approximate surface area is 138 Å². The summed E-state index contributed by atoms with van der Waals surface area (Å²) in [6, 6.07) is 9.22. The van der Waals surface area contributed by atoms with Gasteiger partial charge in [0.05, 0.1) is 18.1 Å². The van der Waals surface area contributed by atoms with Crippen molar-refractivity contribution in [2.45, 2.75) is 13.0 Å². The maximum atomic E-state index is 12.2. The van der Waals surface area contributed by atoms with Crippen molar-refractivity contribution in [2.24, 2.45) is 0 Å². The first-order chi connectivity index (χ1) is 11.0. The molecule has 0 aliphatic rings. The number of carbonyl (C=O) groups excluding carboxylic acids is 1. The zero-order valence-electron chi connectivity index (χ0n) is 13.4. The van der Waals surface area contributed by atoms with Gasteiger partial charge in [0.15, 0.2) is 5.82 Å². The van der Waals surface area contributed by atoms with Crippen LogP contribution in [-0.4, -0.2) is 50.2 Å². The summed E-state index contributed by atoms with van der Waals surface area (Å²) in [5, 5.41) is 2.74. The molecule has 122 valence electrons. The summed E-state index contributed by atoms with van der Waals surface area (Å²) < 4.78 is 11.2. The second kappa shape index (κ2) is 7.82. The molecule has 2 unspecified atom stereocenters. The first-order valence-corrected chi connectivity index (χ1v) is 8.91. The average Bonchev–Trinajstić information content (AvgIpc) is 2.55. The van der Waals surface area contributed by atoms with Crippen molar-refractivity contribution in [2.75, 3.05) is 24.4 Å². The van der Waals surface area contributed by atoms with Crippen LogP contribution in [0.3, 0.4) is 0 Å². The predicted octanol–water partition coefficient (Wildman–Crippen LogP) is 2.37. The van der Waals surface area contributed by atoms with E-state index in [1.165, 1.54) is 4.90 Å². The number of amides is 2. The molecular weight excluding hydrogens is 312 g/mol. The average molecular weight is 332 g/mol. The van der Waals surface area contributed by atoms with Crippen molar-refractivity contribution in [1.82, 2.24) is 14.9 Å². The van der Waals surface area contributed by atoms with E-state index in [1.807, 2.05) is 37.3 Å². The number of hydrogen-bond donors (Lipinski definition) is 1. The molecule has 0 saturated carbocycles. The minimum absolute atomic E-state index is 0.120. The number of carbonyl (C=O) groups is 1. The van der Waals surface area contributed by atoms with E-state index < -0.39 is 10.8 Å². The number of benzene rings is 1. The van der Waals surface area contributed by atoms with E-state index in [2.05, 4.69) is 15.3 Å². The third-order valence-electron chi connectivity index (χ3n) is 3.39. The molecule has 23 heavy (non-hydrogen) atoms. The number of aromatic nitrogens is 2. The third kappa shape index (κ3) is 4.85. The maximum Gasteiger partial charge on any atom is 0.321 e. The van der Waals surface area contributed by atoms with Crippen molar-refractivity contribution in [3.8, 4) is 11.4 Å². The van der Waals surface area contributed by atoms with Crippen LogP contribution in [0.1, 0.15) is 6.92 Å². The number of nitrogens with one attached hydrogen (secondary N) is 1. The molecule has 2 atom stereocenters. The molecule has 0 spiro atoms. The summed E-state index contributed by atoms with van der Waals surface area (Å²) in [7, 11) is 0.723. The van der Waals surface area contributed by atoms with Gasteiger partial charge < -0.3 is 10.2 Å².